The van der Waals surface area contributed by atoms with Crippen molar-refractivity contribution in [1.29, 1.82) is 0 Å². The van der Waals surface area contributed by atoms with E-state index in [9.17, 15) is 18.0 Å². The van der Waals surface area contributed by atoms with Crippen molar-refractivity contribution >= 4 is 17.4 Å². The van der Waals surface area contributed by atoms with Crippen LogP contribution in [0, 0.1) is 0 Å². The molecule has 2 nitrogen and oxygen atoms in total. The fraction of sp³-hybridized carbons (Fsp3) is 0.0833. The topological polar surface area (TPSA) is 30.2 Å². The zero-order valence-corrected chi connectivity index (χ0v) is 9.55. The Morgan fingerprint density at radius 2 is 1.78 bits per heavy atom. The van der Waals surface area contributed by atoms with Crippen molar-refractivity contribution < 1.29 is 22.4 Å². The molecule has 0 radical (unpaired) electrons. The molecule has 94 valence electrons. The van der Waals surface area contributed by atoms with Gasteiger partial charge in [-0.1, -0.05) is 18.2 Å². The monoisotopic (exact) mass is 274 g/mol. The molecule has 1 aromatic heterocycles. The predicted octanol–water partition coefficient (Wildman–Crippen LogP) is 4.18. The van der Waals surface area contributed by atoms with E-state index in [1.165, 1.54) is 24.3 Å². The second-order valence-corrected chi connectivity index (χ2v) is 3.85. The average Bonchev–Trinajstić information content (AvgIpc) is 2.74. The summed E-state index contributed by atoms with van der Waals surface area (Å²) >= 11 is 5.48. The molecule has 18 heavy (non-hydrogen) atoms. The average molecular weight is 275 g/mol. The number of hydrogen-bond acceptors (Lipinski definition) is 2. The van der Waals surface area contributed by atoms with E-state index in [-0.39, 0.29) is 11.0 Å². The van der Waals surface area contributed by atoms with Crippen LogP contribution in [0.15, 0.2) is 40.8 Å². The lowest BCUT2D eigenvalue weighted by Crippen LogP contribution is -2.13. The van der Waals surface area contributed by atoms with Crippen LogP contribution in [-0.2, 0) is 6.18 Å². The highest BCUT2D eigenvalue weighted by Crippen LogP contribution is 2.33. The van der Waals surface area contributed by atoms with Crippen LogP contribution < -0.4 is 0 Å². The number of rotatable bonds is 2. The van der Waals surface area contributed by atoms with E-state index >= 15 is 0 Å². The molecule has 0 atom stereocenters. The van der Waals surface area contributed by atoms with Gasteiger partial charge in [-0.2, -0.15) is 13.2 Å². The van der Waals surface area contributed by atoms with Crippen molar-refractivity contribution in [2.24, 2.45) is 0 Å². The molecule has 0 fully saturated rings. The van der Waals surface area contributed by atoms with Gasteiger partial charge < -0.3 is 4.42 Å². The van der Waals surface area contributed by atoms with Crippen LogP contribution in [-0.4, -0.2) is 5.78 Å². The molecule has 0 aliphatic heterocycles. The third kappa shape index (κ3) is 2.41. The van der Waals surface area contributed by atoms with Crippen molar-refractivity contribution in [3.05, 3.63) is 58.5 Å². The molecule has 1 heterocycles. The number of carbonyl (C=O) groups excluding carboxylic acids is 1. The molecule has 0 spiro atoms. The van der Waals surface area contributed by atoms with Gasteiger partial charge in [-0.25, -0.2) is 0 Å². The van der Waals surface area contributed by atoms with E-state index in [0.29, 0.717) is 0 Å². The lowest BCUT2D eigenvalue weighted by atomic mass is 10.0. The molecular weight excluding hydrogens is 269 g/mol. The van der Waals surface area contributed by atoms with Crippen LogP contribution in [0.25, 0.3) is 0 Å². The Labute approximate surface area is 105 Å². The molecule has 0 unspecified atom stereocenters. The minimum absolute atomic E-state index is 0.0529. The van der Waals surface area contributed by atoms with Crippen molar-refractivity contribution in [3.8, 4) is 0 Å². The lowest BCUT2D eigenvalue weighted by Gasteiger charge is -2.10. The zero-order chi connectivity index (χ0) is 13.3. The van der Waals surface area contributed by atoms with Crippen molar-refractivity contribution in [1.82, 2.24) is 0 Å². The molecule has 0 aliphatic carbocycles. The van der Waals surface area contributed by atoms with Crippen LogP contribution in [0.4, 0.5) is 13.2 Å². The third-order valence-electron chi connectivity index (χ3n) is 2.27. The van der Waals surface area contributed by atoms with E-state index in [1.807, 2.05) is 0 Å². The highest BCUT2D eigenvalue weighted by Gasteiger charge is 2.35. The van der Waals surface area contributed by atoms with E-state index < -0.39 is 23.1 Å². The minimum atomic E-state index is -4.59. The highest BCUT2D eigenvalue weighted by atomic mass is 35.5. The Balaban J connectivity index is 2.49. The van der Waals surface area contributed by atoms with Crippen LogP contribution >= 0.6 is 11.6 Å². The van der Waals surface area contributed by atoms with E-state index in [2.05, 4.69) is 0 Å². The molecule has 0 bridgehead atoms. The minimum Gasteiger partial charge on any atom is -0.441 e. The number of ketones is 1. The number of furan rings is 1. The summed E-state index contributed by atoms with van der Waals surface area (Å²) in [4.78, 5) is 11.9. The first-order valence-electron chi connectivity index (χ1n) is 4.86. The SMILES string of the molecule is O=C(c1ccc(Cl)o1)c1ccccc1C(F)(F)F. The van der Waals surface area contributed by atoms with Gasteiger partial charge in [0.05, 0.1) is 5.56 Å². The molecular formula is C12H6ClF3O2. The van der Waals surface area contributed by atoms with Gasteiger partial charge in [0.1, 0.15) is 0 Å². The fourth-order valence-corrected chi connectivity index (χ4v) is 1.64. The summed E-state index contributed by atoms with van der Waals surface area (Å²) in [5.74, 6) is -1.08. The van der Waals surface area contributed by atoms with Crippen molar-refractivity contribution in [2.45, 2.75) is 6.18 Å². The molecule has 0 saturated heterocycles. The molecule has 6 heteroatoms. The van der Waals surface area contributed by atoms with Gasteiger partial charge in [0, 0.05) is 5.56 Å². The number of alkyl halides is 3. The molecule has 0 N–H and O–H groups in total. The Morgan fingerprint density at radius 1 is 1.11 bits per heavy atom. The Bertz CT molecular complexity index is 587. The largest absolute Gasteiger partial charge is 0.441 e. The third-order valence-corrected chi connectivity index (χ3v) is 2.48. The van der Waals surface area contributed by atoms with Crippen molar-refractivity contribution in [3.63, 3.8) is 0 Å². The quantitative estimate of drug-likeness (QED) is 0.769. The second-order valence-electron chi connectivity index (χ2n) is 3.48. The van der Waals surface area contributed by atoms with E-state index in [4.69, 9.17) is 16.0 Å². The maximum Gasteiger partial charge on any atom is 0.417 e. The summed E-state index contributed by atoms with van der Waals surface area (Å²) in [7, 11) is 0. The maximum atomic E-state index is 12.7. The lowest BCUT2D eigenvalue weighted by molar-refractivity contribution is -0.137. The first kappa shape index (κ1) is 12.7. The standard InChI is InChI=1S/C12H6ClF3O2/c13-10-6-5-9(18-10)11(17)7-3-1-2-4-8(7)12(14,15)16/h1-6H. The van der Waals surface area contributed by atoms with E-state index in [0.717, 1.165) is 12.1 Å². The molecule has 0 aliphatic rings. The first-order chi connectivity index (χ1) is 8.39. The summed E-state index contributed by atoms with van der Waals surface area (Å²) in [6.07, 6.45) is -4.59. The number of halogens is 4. The van der Waals surface area contributed by atoms with Gasteiger partial charge in [-0.3, -0.25) is 4.79 Å². The molecule has 0 saturated carbocycles. The van der Waals surface area contributed by atoms with Gasteiger partial charge >= 0.3 is 6.18 Å². The number of carbonyl (C=O) groups is 1. The van der Waals surface area contributed by atoms with Crippen molar-refractivity contribution in [2.75, 3.05) is 0 Å². The van der Waals surface area contributed by atoms with Gasteiger partial charge in [-0.05, 0) is 29.8 Å². The Morgan fingerprint density at radius 3 is 2.33 bits per heavy atom. The highest BCUT2D eigenvalue weighted by molar-refractivity contribution is 6.29. The summed E-state index contributed by atoms with van der Waals surface area (Å²) in [5, 5.41) is -0.0529. The fourth-order valence-electron chi connectivity index (χ4n) is 1.50. The van der Waals surface area contributed by atoms with Crippen LogP contribution in [0.1, 0.15) is 21.7 Å². The van der Waals surface area contributed by atoms with Crippen LogP contribution in [0.2, 0.25) is 5.22 Å². The second kappa shape index (κ2) is 4.49. The summed E-state index contributed by atoms with van der Waals surface area (Å²) in [5.41, 5.74) is -1.46. The Hall–Kier alpha value is -1.75. The zero-order valence-electron chi connectivity index (χ0n) is 8.79. The van der Waals surface area contributed by atoms with Crippen LogP contribution in [0.5, 0.6) is 0 Å². The smallest absolute Gasteiger partial charge is 0.417 e. The normalized spacial score (nSPS) is 11.6. The van der Waals surface area contributed by atoms with Gasteiger partial charge in [0.2, 0.25) is 5.78 Å². The molecule has 2 aromatic rings. The Kier molecular flexibility index (Phi) is 3.17. The van der Waals surface area contributed by atoms with E-state index in [1.54, 1.807) is 0 Å². The summed E-state index contributed by atoms with van der Waals surface area (Å²) in [6.45, 7) is 0. The molecule has 0 amide bonds. The van der Waals surface area contributed by atoms with Gasteiger partial charge in [0.15, 0.2) is 11.0 Å². The van der Waals surface area contributed by atoms with Gasteiger partial charge in [-0.15, -0.1) is 0 Å². The van der Waals surface area contributed by atoms with Crippen LogP contribution in [0.3, 0.4) is 0 Å². The molecule has 1 aromatic carbocycles. The number of benzene rings is 1. The number of hydrogen-bond donors (Lipinski definition) is 0. The van der Waals surface area contributed by atoms with Gasteiger partial charge in [0.25, 0.3) is 0 Å². The summed E-state index contributed by atoms with van der Waals surface area (Å²) < 4.78 is 43.0. The predicted molar refractivity (Wildman–Crippen MR) is 58.6 cm³/mol. The molecule has 2 rings (SSSR count). The summed E-state index contributed by atoms with van der Waals surface area (Å²) in [6, 6.07) is 7.05. The first-order valence-corrected chi connectivity index (χ1v) is 5.23. The maximum absolute atomic E-state index is 12.7.